The summed E-state index contributed by atoms with van der Waals surface area (Å²) in [6.07, 6.45) is 1.42. The van der Waals surface area contributed by atoms with Crippen molar-refractivity contribution in [3.05, 3.63) is 75.8 Å². The van der Waals surface area contributed by atoms with Crippen LogP contribution in [0.25, 0.3) is 10.9 Å². The van der Waals surface area contributed by atoms with E-state index in [-0.39, 0.29) is 24.3 Å². The van der Waals surface area contributed by atoms with Crippen LogP contribution in [0.15, 0.2) is 53.6 Å². The van der Waals surface area contributed by atoms with Crippen LogP contribution in [0.3, 0.4) is 0 Å². The van der Waals surface area contributed by atoms with Crippen LogP contribution >= 0.6 is 0 Å². The third kappa shape index (κ3) is 4.59. The van der Waals surface area contributed by atoms with Crippen molar-refractivity contribution in [3.8, 4) is 0 Å². The van der Waals surface area contributed by atoms with Gasteiger partial charge >= 0.3 is 5.97 Å². The summed E-state index contributed by atoms with van der Waals surface area (Å²) in [5.41, 5.74) is 3.02. The van der Waals surface area contributed by atoms with E-state index < -0.39 is 12.1 Å². The number of ether oxygens (including phenoxy) is 1. The topological polar surface area (TPSA) is 78.3 Å². The van der Waals surface area contributed by atoms with Gasteiger partial charge in [0.05, 0.1) is 23.7 Å². The number of esters is 1. The van der Waals surface area contributed by atoms with E-state index in [1.165, 1.54) is 10.9 Å². The van der Waals surface area contributed by atoms with Gasteiger partial charge in [0.25, 0.3) is 5.56 Å². The zero-order chi connectivity index (χ0) is 21.0. The largest absolute Gasteiger partial charge is 0.454 e. The molecule has 0 aliphatic rings. The van der Waals surface area contributed by atoms with Crippen molar-refractivity contribution in [2.75, 3.05) is 0 Å². The van der Waals surface area contributed by atoms with Crippen LogP contribution in [0.5, 0.6) is 0 Å². The quantitative estimate of drug-likeness (QED) is 0.454. The molecule has 0 amide bonds. The Balaban J connectivity index is 1.62. The van der Waals surface area contributed by atoms with E-state index in [0.717, 1.165) is 17.5 Å². The number of ketones is 1. The third-order valence-electron chi connectivity index (χ3n) is 4.94. The molecule has 0 N–H and O–H groups in total. The second kappa shape index (κ2) is 8.82. The molecule has 1 atom stereocenters. The van der Waals surface area contributed by atoms with Gasteiger partial charge in [-0.05, 0) is 37.5 Å². The Morgan fingerprint density at radius 2 is 1.86 bits per heavy atom. The molecule has 0 saturated heterocycles. The van der Waals surface area contributed by atoms with E-state index in [0.29, 0.717) is 16.5 Å². The third-order valence-corrected chi connectivity index (χ3v) is 4.94. The molecule has 0 bridgehead atoms. The van der Waals surface area contributed by atoms with Gasteiger partial charge < -0.3 is 4.74 Å². The van der Waals surface area contributed by atoms with Crippen molar-refractivity contribution in [1.82, 2.24) is 9.55 Å². The summed E-state index contributed by atoms with van der Waals surface area (Å²) in [5.74, 6) is -0.784. The molecule has 0 spiro atoms. The van der Waals surface area contributed by atoms with Crippen LogP contribution < -0.4 is 5.56 Å². The van der Waals surface area contributed by atoms with Gasteiger partial charge in [0, 0.05) is 12.1 Å². The summed E-state index contributed by atoms with van der Waals surface area (Å²) < 4.78 is 6.65. The van der Waals surface area contributed by atoms with E-state index in [1.807, 2.05) is 32.0 Å². The lowest BCUT2D eigenvalue weighted by Gasteiger charge is -2.13. The van der Waals surface area contributed by atoms with Crippen molar-refractivity contribution in [1.29, 1.82) is 0 Å². The predicted molar refractivity (Wildman–Crippen MR) is 111 cm³/mol. The number of nitrogens with zero attached hydrogens (tertiary/aromatic N) is 2. The lowest BCUT2D eigenvalue weighted by Crippen LogP contribution is -2.27. The highest BCUT2D eigenvalue weighted by molar-refractivity contribution is 6.00. The van der Waals surface area contributed by atoms with Crippen LogP contribution in [-0.2, 0) is 22.5 Å². The molecule has 6 heteroatoms. The van der Waals surface area contributed by atoms with E-state index in [4.69, 9.17) is 4.74 Å². The molecule has 2 aromatic carbocycles. The number of hydrogen-bond donors (Lipinski definition) is 0. The zero-order valence-electron chi connectivity index (χ0n) is 16.8. The first-order valence-corrected chi connectivity index (χ1v) is 9.68. The lowest BCUT2D eigenvalue weighted by atomic mass is 10.0. The molecule has 3 aromatic rings. The maximum absolute atomic E-state index is 12.6. The van der Waals surface area contributed by atoms with Crippen LogP contribution in [0.4, 0.5) is 0 Å². The van der Waals surface area contributed by atoms with Gasteiger partial charge in [-0.15, -0.1) is 0 Å². The molecule has 1 heterocycles. The van der Waals surface area contributed by atoms with Crippen molar-refractivity contribution in [2.24, 2.45) is 0 Å². The summed E-state index contributed by atoms with van der Waals surface area (Å²) in [5, 5.41) is 0.514. The number of rotatable bonds is 7. The van der Waals surface area contributed by atoms with Gasteiger partial charge in [0.1, 0.15) is 0 Å². The van der Waals surface area contributed by atoms with E-state index in [9.17, 15) is 14.4 Å². The van der Waals surface area contributed by atoms with Gasteiger partial charge in [-0.3, -0.25) is 19.0 Å². The SMILES string of the molecule is CCc1ccc(C(=O)[C@@H](C)OC(=O)CCn2cnc3c(C)cccc3c2=O)cc1. The molecule has 6 nitrogen and oxygen atoms in total. The lowest BCUT2D eigenvalue weighted by molar-refractivity contribution is -0.146. The maximum Gasteiger partial charge on any atom is 0.308 e. The molecule has 0 unspecified atom stereocenters. The number of benzene rings is 2. The highest BCUT2D eigenvalue weighted by Crippen LogP contribution is 2.12. The van der Waals surface area contributed by atoms with Crippen LogP contribution in [0.1, 0.15) is 41.8 Å². The van der Waals surface area contributed by atoms with E-state index in [2.05, 4.69) is 4.98 Å². The van der Waals surface area contributed by atoms with Crippen LogP contribution in [0, 0.1) is 6.92 Å². The summed E-state index contributed by atoms with van der Waals surface area (Å²) in [4.78, 5) is 41.5. The Morgan fingerprint density at radius 1 is 1.14 bits per heavy atom. The standard InChI is InChI=1S/C23H24N2O4/c1-4-17-8-10-18(11-9-17)22(27)16(3)29-20(26)12-13-25-14-24-21-15(2)6-5-7-19(21)23(25)28/h5-11,14,16H,4,12-13H2,1-3H3/t16-/m1/s1. The van der Waals surface area contributed by atoms with Gasteiger partial charge in [-0.2, -0.15) is 0 Å². The first-order chi connectivity index (χ1) is 13.9. The molecule has 29 heavy (non-hydrogen) atoms. The summed E-state index contributed by atoms with van der Waals surface area (Å²) >= 11 is 0. The van der Waals surface area contributed by atoms with Crippen molar-refractivity contribution >= 4 is 22.7 Å². The second-order valence-corrected chi connectivity index (χ2v) is 7.01. The molecule has 150 valence electrons. The summed E-state index contributed by atoms with van der Waals surface area (Å²) in [6, 6.07) is 12.7. The van der Waals surface area contributed by atoms with Gasteiger partial charge in [0.2, 0.25) is 5.78 Å². The molecule has 0 radical (unpaired) electrons. The highest BCUT2D eigenvalue weighted by atomic mass is 16.5. The van der Waals surface area contributed by atoms with Gasteiger partial charge in [-0.1, -0.05) is 43.3 Å². The molecule has 0 saturated carbocycles. The number of hydrogen-bond acceptors (Lipinski definition) is 5. The fourth-order valence-corrected chi connectivity index (χ4v) is 3.16. The molecular formula is C23H24N2O4. The maximum atomic E-state index is 12.6. The molecular weight excluding hydrogens is 368 g/mol. The van der Waals surface area contributed by atoms with E-state index >= 15 is 0 Å². The average molecular weight is 392 g/mol. The number of aromatic nitrogens is 2. The number of carbonyl (C=O) groups excluding carboxylic acids is 2. The Kier molecular flexibility index (Phi) is 6.22. The Bertz CT molecular complexity index is 1100. The number of para-hydroxylation sites is 1. The Labute approximate surface area is 169 Å². The van der Waals surface area contributed by atoms with E-state index in [1.54, 1.807) is 31.2 Å². The van der Waals surface area contributed by atoms with Crippen molar-refractivity contribution in [3.63, 3.8) is 0 Å². The fraction of sp³-hybridized carbons (Fsp3) is 0.304. The monoisotopic (exact) mass is 392 g/mol. The Morgan fingerprint density at radius 3 is 2.55 bits per heavy atom. The summed E-state index contributed by atoms with van der Waals surface area (Å²) in [6.45, 7) is 5.63. The predicted octanol–water partition coefficient (Wildman–Crippen LogP) is 3.47. The first-order valence-electron chi connectivity index (χ1n) is 9.68. The first kappa shape index (κ1) is 20.5. The molecule has 0 aliphatic heterocycles. The minimum absolute atomic E-state index is 0.0225. The number of Topliss-reactive ketones (excluding diaryl/α,β-unsaturated/α-hetero) is 1. The minimum atomic E-state index is -0.885. The fourth-order valence-electron chi connectivity index (χ4n) is 3.16. The minimum Gasteiger partial charge on any atom is -0.454 e. The molecule has 0 fully saturated rings. The van der Waals surface area contributed by atoms with Gasteiger partial charge in [0.15, 0.2) is 6.10 Å². The number of fused-ring (bicyclic) bond motifs is 1. The second-order valence-electron chi connectivity index (χ2n) is 7.01. The Hall–Kier alpha value is -3.28. The molecule has 0 aliphatic carbocycles. The molecule has 3 rings (SSSR count). The number of aryl methyl sites for hydroxylation is 3. The van der Waals surface area contributed by atoms with Gasteiger partial charge in [-0.25, -0.2) is 4.98 Å². The average Bonchev–Trinajstić information content (AvgIpc) is 2.73. The van der Waals surface area contributed by atoms with Crippen molar-refractivity contribution < 1.29 is 14.3 Å². The van der Waals surface area contributed by atoms with Crippen molar-refractivity contribution in [2.45, 2.75) is 46.3 Å². The van der Waals surface area contributed by atoms with Crippen LogP contribution in [0.2, 0.25) is 0 Å². The highest BCUT2D eigenvalue weighted by Gasteiger charge is 2.19. The molecule has 1 aromatic heterocycles. The van der Waals surface area contributed by atoms with Crippen LogP contribution in [-0.4, -0.2) is 27.4 Å². The normalized spacial score (nSPS) is 12.0. The number of carbonyl (C=O) groups is 2. The smallest absolute Gasteiger partial charge is 0.308 e. The summed E-state index contributed by atoms with van der Waals surface area (Å²) in [7, 11) is 0. The zero-order valence-corrected chi connectivity index (χ0v) is 16.8.